The van der Waals surface area contributed by atoms with Crippen molar-refractivity contribution in [1.82, 2.24) is 10.6 Å². The van der Waals surface area contributed by atoms with Gasteiger partial charge in [-0.25, -0.2) is 0 Å². The van der Waals surface area contributed by atoms with Gasteiger partial charge in [-0.15, -0.1) is 0 Å². The average Bonchev–Trinajstić information content (AvgIpc) is 2.94. The number of carbonyl (C=O) groups excluding carboxylic acids is 1. The predicted molar refractivity (Wildman–Crippen MR) is 72.4 cm³/mol. The summed E-state index contributed by atoms with van der Waals surface area (Å²) in [7, 11) is 1.27. The Labute approximate surface area is 118 Å². The lowest BCUT2D eigenvalue weighted by Crippen LogP contribution is -2.47. The number of hydrogen-bond donors (Lipinski definition) is 3. The lowest BCUT2D eigenvalue weighted by atomic mass is 10.3. The minimum absolute atomic E-state index is 0.175. The highest BCUT2D eigenvalue weighted by Crippen LogP contribution is 2.12. The number of nitrogens with one attached hydrogen (secondary N) is 2. The van der Waals surface area contributed by atoms with E-state index in [9.17, 15) is 18.0 Å². The van der Waals surface area contributed by atoms with Gasteiger partial charge in [0.05, 0.1) is 13.2 Å². The van der Waals surface area contributed by atoms with Gasteiger partial charge < -0.3 is 15.8 Å². The molecular formula is C12H26F3N3O2. The minimum atomic E-state index is -4.36. The van der Waals surface area contributed by atoms with Crippen molar-refractivity contribution < 1.29 is 22.7 Å². The third-order valence-electron chi connectivity index (χ3n) is 2.18. The molecule has 1 saturated heterocycles. The molecule has 0 aromatic carbocycles. The van der Waals surface area contributed by atoms with E-state index in [0.29, 0.717) is 0 Å². The summed E-state index contributed by atoms with van der Waals surface area (Å²) in [6.45, 7) is 5.06. The fraction of sp³-hybridized carbons (Fsp3) is 0.917. The van der Waals surface area contributed by atoms with Gasteiger partial charge in [-0.3, -0.25) is 10.1 Å². The first kappa shape index (κ1) is 21.4. The lowest BCUT2D eigenvalue weighted by Gasteiger charge is -2.15. The molecule has 1 amide bonds. The Morgan fingerprint density at radius 1 is 1.35 bits per heavy atom. The molecule has 8 heteroatoms. The largest absolute Gasteiger partial charge is 0.401 e. The van der Waals surface area contributed by atoms with Crippen molar-refractivity contribution in [3.8, 4) is 0 Å². The van der Waals surface area contributed by atoms with Crippen molar-refractivity contribution in [1.29, 1.82) is 0 Å². The zero-order valence-corrected chi connectivity index (χ0v) is 12.3. The molecule has 5 nitrogen and oxygen atoms in total. The van der Waals surface area contributed by atoms with E-state index in [4.69, 9.17) is 5.73 Å². The second kappa shape index (κ2) is 13.1. The van der Waals surface area contributed by atoms with Gasteiger partial charge in [0.1, 0.15) is 6.04 Å². The van der Waals surface area contributed by atoms with Crippen LogP contribution in [0.15, 0.2) is 0 Å². The molecule has 1 aliphatic rings. The summed E-state index contributed by atoms with van der Waals surface area (Å²) < 4.78 is 39.5. The van der Waals surface area contributed by atoms with Gasteiger partial charge >= 0.3 is 6.18 Å². The third-order valence-corrected chi connectivity index (χ3v) is 2.18. The quantitative estimate of drug-likeness (QED) is 0.709. The number of methoxy groups -OCH3 is 1. The molecule has 122 valence electrons. The Kier molecular flexibility index (Phi) is 14.1. The first-order valence-electron chi connectivity index (χ1n) is 6.66. The molecule has 0 aromatic rings. The van der Waals surface area contributed by atoms with Crippen molar-refractivity contribution in [2.24, 2.45) is 5.73 Å². The normalized spacial score (nSPS) is 15.5. The Morgan fingerprint density at radius 2 is 1.85 bits per heavy atom. The number of alkyl halides is 3. The van der Waals surface area contributed by atoms with Crippen molar-refractivity contribution >= 4 is 5.91 Å². The first-order chi connectivity index (χ1) is 9.37. The zero-order valence-electron chi connectivity index (χ0n) is 12.3. The van der Waals surface area contributed by atoms with Crippen LogP contribution in [0, 0.1) is 0 Å². The van der Waals surface area contributed by atoms with E-state index in [1.807, 2.05) is 19.2 Å². The maximum atomic E-state index is 11.7. The monoisotopic (exact) mass is 301 g/mol. The fourth-order valence-corrected chi connectivity index (χ4v) is 1.27. The fourth-order valence-electron chi connectivity index (χ4n) is 1.27. The Balaban J connectivity index is 0. The Bertz CT molecular complexity index is 227. The molecule has 0 bridgehead atoms. The van der Waals surface area contributed by atoms with E-state index in [-0.39, 0.29) is 6.61 Å². The van der Waals surface area contributed by atoms with Crippen LogP contribution < -0.4 is 16.4 Å². The first-order valence-corrected chi connectivity index (χ1v) is 6.66. The lowest BCUT2D eigenvalue weighted by molar-refractivity contribution is -0.132. The van der Waals surface area contributed by atoms with E-state index in [0.717, 1.165) is 0 Å². The maximum absolute atomic E-state index is 11.7. The summed E-state index contributed by atoms with van der Waals surface area (Å²) in [5.41, 5.74) is 4.80. The molecule has 0 spiro atoms. The molecule has 0 saturated carbocycles. The van der Waals surface area contributed by atoms with E-state index in [1.54, 1.807) is 0 Å². The molecule has 0 aliphatic carbocycles. The number of ether oxygens (including phenoxy) is 1. The molecule has 1 atom stereocenters. The molecule has 1 fully saturated rings. The number of nitrogens with two attached hydrogens (primary N) is 1. The SMILES string of the molecule is C1CCNC1.CC.COCC(NCC(F)(F)F)C(N)=O. The number of amides is 1. The Hall–Kier alpha value is -0.860. The number of hydrogen-bond acceptors (Lipinski definition) is 4. The molecule has 0 radical (unpaired) electrons. The smallest absolute Gasteiger partial charge is 0.383 e. The van der Waals surface area contributed by atoms with Crippen molar-refractivity contribution in [3.05, 3.63) is 0 Å². The van der Waals surface area contributed by atoms with Gasteiger partial charge in [0, 0.05) is 7.11 Å². The van der Waals surface area contributed by atoms with Crippen LogP contribution in [0.2, 0.25) is 0 Å². The van der Waals surface area contributed by atoms with Crippen molar-refractivity contribution in [2.75, 3.05) is 33.4 Å². The number of rotatable bonds is 5. The molecule has 1 unspecified atom stereocenters. The zero-order chi connectivity index (χ0) is 16.0. The van der Waals surface area contributed by atoms with Crippen LogP contribution in [0.3, 0.4) is 0 Å². The van der Waals surface area contributed by atoms with Gasteiger partial charge in [-0.2, -0.15) is 13.2 Å². The second-order valence-electron chi connectivity index (χ2n) is 3.86. The molecule has 4 N–H and O–H groups in total. The summed E-state index contributed by atoms with van der Waals surface area (Å²) >= 11 is 0. The van der Waals surface area contributed by atoms with Crippen LogP contribution >= 0.6 is 0 Å². The standard InChI is InChI=1S/C6H11F3N2O2.C4H9N.C2H6/c1-13-2-4(5(10)12)11-3-6(7,8)9;1-2-4-5-3-1;1-2/h4,11H,2-3H2,1H3,(H2,10,12);5H,1-4H2;1-2H3. The molecule has 0 aromatic heterocycles. The molecule has 1 aliphatic heterocycles. The number of primary amides is 1. The highest BCUT2D eigenvalue weighted by atomic mass is 19.4. The van der Waals surface area contributed by atoms with Gasteiger partial charge in [0.25, 0.3) is 0 Å². The summed E-state index contributed by atoms with van der Waals surface area (Å²) in [6, 6.07) is -1.10. The number of halogens is 3. The highest BCUT2D eigenvalue weighted by Gasteiger charge is 2.29. The van der Waals surface area contributed by atoms with Crippen LogP contribution in [-0.4, -0.2) is 51.5 Å². The van der Waals surface area contributed by atoms with Gasteiger partial charge in [-0.1, -0.05) is 13.8 Å². The number of carbonyl (C=O) groups is 1. The average molecular weight is 301 g/mol. The maximum Gasteiger partial charge on any atom is 0.401 e. The van der Waals surface area contributed by atoms with Crippen molar-refractivity contribution in [3.63, 3.8) is 0 Å². The molecule has 1 rings (SSSR count). The predicted octanol–water partition coefficient (Wildman–Crippen LogP) is 1.03. The summed E-state index contributed by atoms with van der Waals surface area (Å²) in [5, 5.41) is 5.16. The summed E-state index contributed by atoms with van der Waals surface area (Å²) in [6.07, 6.45) is -1.58. The van der Waals surface area contributed by atoms with Crippen LogP contribution in [0.1, 0.15) is 26.7 Å². The van der Waals surface area contributed by atoms with Crippen molar-refractivity contribution in [2.45, 2.75) is 38.9 Å². The van der Waals surface area contributed by atoms with Gasteiger partial charge in [0.15, 0.2) is 0 Å². The molecular weight excluding hydrogens is 275 g/mol. The highest BCUT2D eigenvalue weighted by molar-refractivity contribution is 5.79. The van der Waals surface area contributed by atoms with Gasteiger partial charge in [-0.05, 0) is 25.9 Å². The Morgan fingerprint density at radius 3 is 2.10 bits per heavy atom. The third kappa shape index (κ3) is 15.2. The summed E-state index contributed by atoms with van der Waals surface area (Å²) in [4.78, 5) is 10.5. The van der Waals surface area contributed by atoms with Gasteiger partial charge in [0.2, 0.25) is 5.91 Å². The minimum Gasteiger partial charge on any atom is -0.383 e. The van der Waals surface area contributed by atoms with E-state index >= 15 is 0 Å². The van der Waals surface area contributed by atoms with Crippen LogP contribution in [-0.2, 0) is 9.53 Å². The molecule has 20 heavy (non-hydrogen) atoms. The van der Waals surface area contributed by atoms with E-state index < -0.39 is 24.7 Å². The van der Waals surface area contributed by atoms with Crippen LogP contribution in [0.5, 0.6) is 0 Å². The summed E-state index contributed by atoms with van der Waals surface area (Å²) in [5.74, 6) is -0.869. The molecule has 1 heterocycles. The van der Waals surface area contributed by atoms with E-state index in [2.05, 4.69) is 10.1 Å². The van der Waals surface area contributed by atoms with Crippen LogP contribution in [0.4, 0.5) is 13.2 Å². The topological polar surface area (TPSA) is 76.4 Å². The van der Waals surface area contributed by atoms with E-state index in [1.165, 1.54) is 33.0 Å². The van der Waals surface area contributed by atoms with Crippen LogP contribution in [0.25, 0.3) is 0 Å². The second-order valence-corrected chi connectivity index (χ2v) is 3.86.